The van der Waals surface area contributed by atoms with Crippen LogP contribution >= 0.6 is 11.3 Å². The lowest BCUT2D eigenvalue weighted by Gasteiger charge is -2.20. The van der Waals surface area contributed by atoms with Gasteiger partial charge in [0.05, 0.1) is 12.6 Å². The van der Waals surface area contributed by atoms with Crippen molar-refractivity contribution in [2.24, 2.45) is 0 Å². The van der Waals surface area contributed by atoms with Gasteiger partial charge in [0.2, 0.25) is 0 Å². The Morgan fingerprint density at radius 1 is 1.08 bits per heavy atom. The van der Waals surface area contributed by atoms with Gasteiger partial charge in [-0.25, -0.2) is 4.79 Å². The van der Waals surface area contributed by atoms with Crippen LogP contribution in [-0.4, -0.2) is 11.0 Å². The van der Waals surface area contributed by atoms with Crippen molar-refractivity contribution in [2.45, 2.75) is 19.5 Å². The smallest absolute Gasteiger partial charge is 0.315 e. The van der Waals surface area contributed by atoms with Crippen molar-refractivity contribution in [1.82, 2.24) is 15.6 Å². The molecule has 2 amide bonds. The molecule has 5 heteroatoms. The van der Waals surface area contributed by atoms with Crippen molar-refractivity contribution in [1.29, 1.82) is 0 Å². The second-order valence-corrected chi connectivity index (χ2v) is 6.48. The van der Waals surface area contributed by atoms with Gasteiger partial charge in [0.25, 0.3) is 0 Å². The highest BCUT2D eigenvalue weighted by Gasteiger charge is 2.16. The standard InChI is InChI=1S/C19H19N3OS/c1-14-9-12-24-17(14)13-21-19(23)22-18(15-5-3-2-4-6-15)16-7-10-20-11-8-16/h2-12,18H,13H2,1H3,(H2,21,22,23)/t18-/m1/s1. The molecule has 3 rings (SSSR count). The minimum absolute atomic E-state index is 0.187. The largest absolute Gasteiger partial charge is 0.333 e. The Balaban J connectivity index is 1.72. The van der Waals surface area contributed by atoms with Crippen LogP contribution in [0.15, 0.2) is 66.3 Å². The van der Waals surface area contributed by atoms with Gasteiger partial charge in [-0.1, -0.05) is 30.3 Å². The lowest BCUT2D eigenvalue weighted by Crippen LogP contribution is -2.38. The van der Waals surface area contributed by atoms with Gasteiger partial charge >= 0.3 is 6.03 Å². The first kappa shape index (κ1) is 16.2. The molecule has 0 unspecified atom stereocenters. The van der Waals surface area contributed by atoms with Crippen LogP contribution < -0.4 is 10.6 Å². The zero-order valence-corrected chi connectivity index (χ0v) is 14.2. The molecule has 0 aliphatic rings. The topological polar surface area (TPSA) is 54.0 Å². The van der Waals surface area contributed by atoms with Gasteiger partial charge < -0.3 is 10.6 Å². The van der Waals surface area contributed by atoms with Crippen LogP contribution in [0.4, 0.5) is 4.79 Å². The highest BCUT2D eigenvalue weighted by molar-refractivity contribution is 7.10. The van der Waals surface area contributed by atoms with Crippen molar-refractivity contribution in [3.8, 4) is 0 Å². The summed E-state index contributed by atoms with van der Waals surface area (Å²) in [5.74, 6) is 0. The zero-order chi connectivity index (χ0) is 16.8. The van der Waals surface area contributed by atoms with Crippen molar-refractivity contribution in [2.75, 3.05) is 0 Å². The molecule has 0 saturated carbocycles. The molecule has 24 heavy (non-hydrogen) atoms. The van der Waals surface area contributed by atoms with Crippen molar-refractivity contribution >= 4 is 17.4 Å². The molecule has 0 bridgehead atoms. The first-order valence-electron chi connectivity index (χ1n) is 7.76. The number of carbonyl (C=O) groups is 1. The van der Waals surface area contributed by atoms with Crippen LogP contribution in [0, 0.1) is 6.92 Å². The van der Waals surface area contributed by atoms with E-state index < -0.39 is 0 Å². The van der Waals surface area contributed by atoms with E-state index in [4.69, 9.17) is 0 Å². The maximum atomic E-state index is 12.4. The van der Waals surface area contributed by atoms with Crippen LogP contribution in [0.25, 0.3) is 0 Å². The average Bonchev–Trinajstić information content (AvgIpc) is 3.04. The number of aromatic nitrogens is 1. The molecule has 0 saturated heterocycles. The molecule has 0 radical (unpaired) electrons. The fourth-order valence-corrected chi connectivity index (χ4v) is 3.33. The summed E-state index contributed by atoms with van der Waals surface area (Å²) in [5.41, 5.74) is 3.24. The van der Waals surface area contributed by atoms with Gasteiger partial charge in [-0.2, -0.15) is 0 Å². The summed E-state index contributed by atoms with van der Waals surface area (Å²) in [6, 6.07) is 15.4. The van der Waals surface area contributed by atoms with Crippen molar-refractivity contribution in [3.63, 3.8) is 0 Å². The third-order valence-corrected chi connectivity index (χ3v) is 4.85. The van der Waals surface area contributed by atoms with Crippen LogP contribution in [0.5, 0.6) is 0 Å². The number of pyridine rings is 1. The number of aryl methyl sites for hydroxylation is 1. The van der Waals surface area contributed by atoms with E-state index in [0.29, 0.717) is 6.54 Å². The van der Waals surface area contributed by atoms with E-state index in [0.717, 1.165) is 11.1 Å². The molecular weight excluding hydrogens is 318 g/mol. The summed E-state index contributed by atoms with van der Waals surface area (Å²) < 4.78 is 0. The average molecular weight is 337 g/mol. The first-order chi connectivity index (χ1) is 11.7. The summed E-state index contributed by atoms with van der Waals surface area (Å²) >= 11 is 1.65. The molecule has 2 N–H and O–H groups in total. The number of urea groups is 1. The Labute approximate surface area is 145 Å². The Morgan fingerprint density at radius 3 is 2.46 bits per heavy atom. The fourth-order valence-electron chi connectivity index (χ4n) is 2.49. The normalized spacial score (nSPS) is 11.7. The Morgan fingerprint density at radius 2 is 1.79 bits per heavy atom. The minimum atomic E-state index is -0.210. The maximum absolute atomic E-state index is 12.4. The summed E-state index contributed by atoms with van der Waals surface area (Å²) in [4.78, 5) is 17.6. The van der Waals surface area contributed by atoms with Crippen molar-refractivity contribution < 1.29 is 4.79 Å². The minimum Gasteiger partial charge on any atom is -0.333 e. The van der Waals surface area contributed by atoms with Crippen LogP contribution in [0.2, 0.25) is 0 Å². The van der Waals surface area contributed by atoms with Crippen molar-refractivity contribution in [3.05, 3.63) is 87.9 Å². The molecule has 2 heterocycles. The second-order valence-electron chi connectivity index (χ2n) is 5.48. The van der Waals surface area contributed by atoms with Crippen LogP contribution in [0.3, 0.4) is 0 Å². The lowest BCUT2D eigenvalue weighted by molar-refractivity contribution is 0.238. The highest BCUT2D eigenvalue weighted by Crippen LogP contribution is 2.21. The fraction of sp³-hybridized carbons (Fsp3) is 0.158. The molecule has 2 aromatic heterocycles. The Bertz CT molecular complexity index is 747. The number of carbonyl (C=O) groups excluding carboxylic acids is 1. The maximum Gasteiger partial charge on any atom is 0.315 e. The number of thiophene rings is 1. The number of hydrogen-bond acceptors (Lipinski definition) is 3. The number of hydrogen-bond donors (Lipinski definition) is 2. The molecule has 0 spiro atoms. The van der Waals surface area contributed by atoms with E-state index in [2.05, 4.69) is 28.6 Å². The third-order valence-electron chi connectivity index (χ3n) is 3.83. The molecule has 0 aliphatic carbocycles. The van der Waals surface area contributed by atoms with E-state index in [1.165, 1.54) is 10.4 Å². The van der Waals surface area contributed by atoms with E-state index in [1.54, 1.807) is 23.7 Å². The van der Waals surface area contributed by atoms with Crippen LogP contribution in [0.1, 0.15) is 27.6 Å². The van der Waals surface area contributed by atoms with E-state index in [-0.39, 0.29) is 12.1 Å². The monoisotopic (exact) mass is 337 g/mol. The number of rotatable bonds is 5. The second kappa shape index (κ2) is 7.75. The molecule has 1 atom stereocenters. The first-order valence-corrected chi connectivity index (χ1v) is 8.64. The predicted octanol–water partition coefficient (Wildman–Crippen LogP) is 4.04. The highest BCUT2D eigenvalue weighted by atomic mass is 32.1. The van der Waals surface area contributed by atoms with Gasteiger partial charge in [-0.15, -0.1) is 11.3 Å². The van der Waals surface area contributed by atoms with Gasteiger partial charge in [-0.05, 0) is 47.2 Å². The molecular formula is C19H19N3OS. The molecule has 0 aliphatic heterocycles. The zero-order valence-electron chi connectivity index (χ0n) is 13.4. The van der Waals surface area contributed by atoms with Gasteiger partial charge in [0.15, 0.2) is 0 Å². The lowest BCUT2D eigenvalue weighted by atomic mass is 10.00. The quantitative estimate of drug-likeness (QED) is 0.738. The molecule has 1 aromatic carbocycles. The molecule has 122 valence electrons. The third kappa shape index (κ3) is 4.00. The van der Waals surface area contributed by atoms with Gasteiger partial charge in [0, 0.05) is 17.3 Å². The summed E-state index contributed by atoms with van der Waals surface area (Å²) in [6.45, 7) is 2.59. The molecule has 3 aromatic rings. The van der Waals surface area contributed by atoms with Gasteiger partial charge in [0.1, 0.15) is 0 Å². The van der Waals surface area contributed by atoms with E-state index >= 15 is 0 Å². The molecule has 0 fully saturated rings. The predicted molar refractivity (Wildman–Crippen MR) is 96.9 cm³/mol. The van der Waals surface area contributed by atoms with Crippen LogP contribution in [-0.2, 0) is 6.54 Å². The van der Waals surface area contributed by atoms with E-state index in [9.17, 15) is 4.79 Å². The summed E-state index contributed by atoms with van der Waals surface area (Å²) in [7, 11) is 0. The number of amides is 2. The van der Waals surface area contributed by atoms with Gasteiger partial charge in [-0.3, -0.25) is 4.98 Å². The van der Waals surface area contributed by atoms with E-state index in [1.807, 2.05) is 47.8 Å². The summed E-state index contributed by atoms with van der Waals surface area (Å²) in [5, 5.41) is 8.03. The summed E-state index contributed by atoms with van der Waals surface area (Å²) in [6.07, 6.45) is 3.47. The number of nitrogens with one attached hydrogen (secondary N) is 2. The SMILES string of the molecule is Cc1ccsc1CNC(=O)N[C@H](c1ccccc1)c1ccncc1. The molecule has 4 nitrogen and oxygen atoms in total. The Hall–Kier alpha value is -2.66. The number of benzene rings is 1. The number of nitrogens with zero attached hydrogens (tertiary/aromatic N) is 1. The Kier molecular flexibility index (Phi) is 5.23.